The SMILES string of the molecule is CCc1nc2sc(N3CCN(CC(=O)N4CC(O)C4)C[C@H]3C)nn2c1N(C)c1nc(-c2ccc(C)cc2)c(C#N)s1. The molecule has 11 nitrogen and oxygen atoms in total. The summed E-state index contributed by atoms with van der Waals surface area (Å²) in [4.78, 5) is 31.9. The first-order chi connectivity index (χ1) is 19.7. The van der Waals surface area contributed by atoms with Crippen LogP contribution in [0.3, 0.4) is 0 Å². The van der Waals surface area contributed by atoms with Crippen LogP contribution < -0.4 is 9.80 Å². The lowest BCUT2D eigenvalue weighted by Crippen LogP contribution is -2.58. The summed E-state index contributed by atoms with van der Waals surface area (Å²) in [6.45, 7) is 9.82. The zero-order valence-corrected chi connectivity index (χ0v) is 25.2. The van der Waals surface area contributed by atoms with Gasteiger partial charge in [-0.05, 0) is 20.3 Å². The summed E-state index contributed by atoms with van der Waals surface area (Å²) in [5.41, 5.74) is 3.69. The minimum Gasteiger partial charge on any atom is -0.389 e. The van der Waals surface area contributed by atoms with Crippen LogP contribution in [0.25, 0.3) is 16.2 Å². The number of imidazole rings is 1. The Kier molecular flexibility index (Phi) is 7.41. The topological polar surface area (TPSA) is 117 Å². The maximum atomic E-state index is 12.5. The molecular weight excluding hydrogens is 559 g/mol. The predicted octanol–water partition coefficient (Wildman–Crippen LogP) is 3.14. The second kappa shape index (κ2) is 11.0. The molecule has 0 unspecified atom stereocenters. The lowest BCUT2D eigenvalue weighted by molar-refractivity contribution is -0.142. The number of hydrogen-bond acceptors (Lipinski definition) is 11. The van der Waals surface area contributed by atoms with Gasteiger partial charge in [-0.2, -0.15) is 9.78 Å². The van der Waals surface area contributed by atoms with E-state index in [1.807, 2.05) is 47.7 Å². The highest BCUT2D eigenvalue weighted by Gasteiger charge is 2.33. The quantitative estimate of drug-likeness (QED) is 0.346. The molecule has 0 spiro atoms. The van der Waals surface area contributed by atoms with E-state index >= 15 is 0 Å². The summed E-state index contributed by atoms with van der Waals surface area (Å²) in [5, 5.41) is 26.0. The molecule has 2 saturated heterocycles. The monoisotopic (exact) mass is 591 g/mol. The summed E-state index contributed by atoms with van der Waals surface area (Å²) in [5.74, 6) is 0.933. The number of nitriles is 1. The standard InChI is InChI=1S/C28H33N9O2S2/c1-5-21-25(33(4)26-31-24(22(12-29)40-26)19-8-6-17(2)7-9-19)37-27(30-21)41-28(32-37)36-11-10-34(13-18(36)3)16-23(39)35-14-20(38)15-35/h6-9,18,20,38H,5,10-11,13-16H2,1-4H3/t18-/m1/s1. The summed E-state index contributed by atoms with van der Waals surface area (Å²) in [6.07, 6.45) is 0.360. The highest BCUT2D eigenvalue weighted by Crippen LogP contribution is 2.38. The average molecular weight is 592 g/mol. The molecule has 5 heterocycles. The number of benzene rings is 1. The van der Waals surface area contributed by atoms with E-state index in [-0.39, 0.29) is 18.1 Å². The van der Waals surface area contributed by atoms with Crippen molar-refractivity contribution >= 4 is 49.6 Å². The Hall–Kier alpha value is -3.57. The second-order valence-electron chi connectivity index (χ2n) is 10.8. The summed E-state index contributed by atoms with van der Waals surface area (Å²) in [7, 11) is 1.95. The normalized spacial score (nSPS) is 18.1. The minimum atomic E-state index is -0.380. The van der Waals surface area contributed by atoms with E-state index in [0.717, 1.165) is 58.8 Å². The van der Waals surface area contributed by atoms with Gasteiger partial charge in [0.25, 0.3) is 0 Å². The molecule has 0 saturated carbocycles. The Labute approximate surface area is 246 Å². The van der Waals surface area contributed by atoms with Crippen LogP contribution in [0, 0.1) is 18.3 Å². The number of hydrogen-bond donors (Lipinski definition) is 1. The Morgan fingerprint density at radius 1 is 1.17 bits per heavy atom. The number of fused-ring (bicyclic) bond motifs is 1. The maximum absolute atomic E-state index is 12.5. The Morgan fingerprint density at radius 2 is 1.93 bits per heavy atom. The zero-order valence-electron chi connectivity index (χ0n) is 23.6. The third-order valence-corrected chi connectivity index (χ3v) is 9.73. The molecule has 1 atom stereocenters. The van der Waals surface area contributed by atoms with Gasteiger partial charge in [0.05, 0.1) is 18.3 Å². The first-order valence-electron chi connectivity index (χ1n) is 13.8. The number of anilines is 3. The highest BCUT2D eigenvalue weighted by atomic mass is 32.1. The molecule has 2 aliphatic heterocycles. The molecule has 0 bridgehead atoms. The fraction of sp³-hybridized carbons (Fsp3) is 0.464. The lowest BCUT2D eigenvalue weighted by atomic mass is 10.1. The van der Waals surface area contributed by atoms with Crippen molar-refractivity contribution in [2.24, 2.45) is 0 Å². The fourth-order valence-electron chi connectivity index (χ4n) is 5.40. The number of aliphatic hydroxyl groups excluding tert-OH is 1. The summed E-state index contributed by atoms with van der Waals surface area (Å²) in [6, 6.07) is 10.6. The number of carbonyl (C=O) groups excluding carboxylic acids is 1. The zero-order chi connectivity index (χ0) is 28.8. The molecule has 41 heavy (non-hydrogen) atoms. The van der Waals surface area contributed by atoms with E-state index in [1.54, 1.807) is 16.2 Å². The van der Waals surface area contributed by atoms with Crippen molar-refractivity contribution in [1.29, 1.82) is 5.26 Å². The van der Waals surface area contributed by atoms with Crippen LogP contribution in [0.1, 0.15) is 30.0 Å². The van der Waals surface area contributed by atoms with Crippen molar-refractivity contribution in [3.63, 3.8) is 0 Å². The number of thiazole rings is 1. The number of β-amino-alcohol motifs (C(OH)–C–C–N with tert-alkyl or cyclic N) is 1. The molecule has 214 valence electrons. The van der Waals surface area contributed by atoms with Gasteiger partial charge in [-0.25, -0.2) is 9.97 Å². The van der Waals surface area contributed by atoms with E-state index in [9.17, 15) is 15.2 Å². The third-order valence-electron chi connectivity index (χ3n) is 7.75. The number of aromatic nitrogens is 4. The number of amides is 1. The maximum Gasteiger partial charge on any atom is 0.236 e. The van der Waals surface area contributed by atoms with Crippen LogP contribution in [0.4, 0.5) is 16.1 Å². The van der Waals surface area contributed by atoms with Gasteiger partial charge in [-0.3, -0.25) is 9.69 Å². The van der Waals surface area contributed by atoms with Crippen LogP contribution in [-0.2, 0) is 11.2 Å². The minimum absolute atomic E-state index is 0.0794. The van der Waals surface area contributed by atoms with Crippen molar-refractivity contribution in [3.05, 3.63) is 40.4 Å². The Balaban J connectivity index is 1.23. The van der Waals surface area contributed by atoms with Crippen molar-refractivity contribution in [3.8, 4) is 17.3 Å². The van der Waals surface area contributed by atoms with Gasteiger partial charge in [0, 0.05) is 51.4 Å². The second-order valence-corrected chi connectivity index (χ2v) is 12.7. The number of piperazine rings is 1. The fourth-order valence-corrected chi connectivity index (χ4v) is 7.29. The average Bonchev–Trinajstić information content (AvgIpc) is 3.64. The van der Waals surface area contributed by atoms with Gasteiger partial charge in [0.15, 0.2) is 10.9 Å². The Morgan fingerprint density at radius 3 is 2.59 bits per heavy atom. The number of likely N-dealkylation sites (tertiary alicyclic amines) is 1. The molecule has 3 aromatic heterocycles. The molecule has 0 radical (unpaired) electrons. The molecule has 4 aromatic rings. The van der Waals surface area contributed by atoms with Crippen molar-refractivity contribution < 1.29 is 9.90 Å². The van der Waals surface area contributed by atoms with Crippen LogP contribution in [0.2, 0.25) is 0 Å². The van der Waals surface area contributed by atoms with Gasteiger partial charge in [0.1, 0.15) is 16.6 Å². The Bertz CT molecular complexity index is 1610. The number of nitrogens with zero attached hydrogens (tertiary/aromatic N) is 9. The van der Waals surface area contributed by atoms with E-state index in [2.05, 4.69) is 29.7 Å². The van der Waals surface area contributed by atoms with Crippen LogP contribution in [0.5, 0.6) is 0 Å². The van der Waals surface area contributed by atoms with E-state index in [1.165, 1.54) is 11.3 Å². The summed E-state index contributed by atoms with van der Waals surface area (Å²) < 4.78 is 1.90. The van der Waals surface area contributed by atoms with Gasteiger partial charge in [-0.1, -0.05) is 59.4 Å². The summed E-state index contributed by atoms with van der Waals surface area (Å²) >= 11 is 2.93. The molecule has 13 heteroatoms. The van der Waals surface area contributed by atoms with Crippen molar-refractivity contribution in [1.82, 2.24) is 29.4 Å². The smallest absolute Gasteiger partial charge is 0.236 e. The third kappa shape index (κ3) is 5.17. The molecular formula is C28H33N9O2S2. The molecule has 1 N–H and O–H groups in total. The molecule has 2 aliphatic rings. The van der Waals surface area contributed by atoms with Crippen LogP contribution in [-0.4, -0.2) is 98.9 Å². The van der Waals surface area contributed by atoms with Crippen molar-refractivity contribution in [2.45, 2.75) is 39.3 Å². The number of aliphatic hydroxyl groups is 1. The van der Waals surface area contributed by atoms with Crippen LogP contribution >= 0.6 is 22.7 Å². The number of rotatable bonds is 7. The molecule has 0 aliphatic carbocycles. The predicted molar refractivity (Wildman–Crippen MR) is 161 cm³/mol. The van der Waals surface area contributed by atoms with Gasteiger partial charge in [-0.15, -0.1) is 5.10 Å². The largest absolute Gasteiger partial charge is 0.389 e. The van der Waals surface area contributed by atoms with E-state index in [4.69, 9.17) is 15.1 Å². The number of aryl methyl sites for hydroxylation is 2. The van der Waals surface area contributed by atoms with Gasteiger partial charge >= 0.3 is 0 Å². The van der Waals surface area contributed by atoms with E-state index in [0.29, 0.717) is 35.3 Å². The molecule has 6 rings (SSSR count). The molecule has 2 fully saturated rings. The van der Waals surface area contributed by atoms with E-state index < -0.39 is 0 Å². The van der Waals surface area contributed by atoms with Crippen LogP contribution in [0.15, 0.2) is 24.3 Å². The van der Waals surface area contributed by atoms with Gasteiger partial charge < -0.3 is 19.8 Å². The van der Waals surface area contributed by atoms with Crippen molar-refractivity contribution in [2.75, 3.05) is 56.1 Å². The molecule has 1 aromatic carbocycles. The number of carbonyl (C=O) groups is 1. The van der Waals surface area contributed by atoms with Gasteiger partial charge in [0.2, 0.25) is 16.0 Å². The first kappa shape index (κ1) is 27.6. The highest BCUT2D eigenvalue weighted by molar-refractivity contribution is 7.20. The first-order valence-corrected chi connectivity index (χ1v) is 15.4. The lowest BCUT2D eigenvalue weighted by Gasteiger charge is -2.41. The molecule has 1 amide bonds.